The first-order chi connectivity index (χ1) is 10.9. The highest BCUT2D eigenvalue weighted by atomic mass is 19.4. The Morgan fingerprint density at radius 1 is 0.870 bits per heavy atom. The van der Waals surface area contributed by atoms with Gasteiger partial charge in [0.25, 0.3) is 0 Å². The number of hydrogen-bond donors (Lipinski definition) is 1. The standard InChI is InChI=1S/C17H12F3N3/c18-17(19,20)13-3-1-2-12(10-13)16-22-9-8-15(23-16)11-4-6-14(21)7-5-11/h1-10H,21H2. The van der Waals surface area contributed by atoms with E-state index in [1.165, 1.54) is 12.3 Å². The van der Waals surface area contributed by atoms with Crippen LogP contribution in [-0.4, -0.2) is 9.97 Å². The number of aromatic nitrogens is 2. The highest BCUT2D eigenvalue weighted by Gasteiger charge is 2.30. The van der Waals surface area contributed by atoms with Gasteiger partial charge in [0.1, 0.15) is 0 Å². The van der Waals surface area contributed by atoms with Crippen LogP contribution in [0, 0.1) is 0 Å². The quantitative estimate of drug-likeness (QED) is 0.713. The zero-order valence-corrected chi connectivity index (χ0v) is 11.9. The molecule has 0 fully saturated rings. The van der Waals surface area contributed by atoms with Crippen LogP contribution in [0.3, 0.4) is 0 Å². The Balaban J connectivity index is 2.02. The van der Waals surface area contributed by atoms with Crippen LogP contribution in [0.4, 0.5) is 18.9 Å². The normalized spacial score (nSPS) is 11.4. The fourth-order valence-corrected chi connectivity index (χ4v) is 2.15. The van der Waals surface area contributed by atoms with Gasteiger partial charge in [0.2, 0.25) is 0 Å². The van der Waals surface area contributed by atoms with Gasteiger partial charge in [-0.1, -0.05) is 24.3 Å². The lowest BCUT2D eigenvalue weighted by molar-refractivity contribution is -0.137. The van der Waals surface area contributed by atoms with Gasteiger partial charge in [-0.25, -0.2) is 9.97 Å². The highest BCUT2D eigenvalue weighted by Crippen LogP contribution is 2.31. The summed E-state index contributed by atoms with van der Waals surface area (Å²) in [5.74, 6) is 0.241. The summed E-state index contributed by atoms with van der Waals surface area (Å²) in [7, 11) is 0. The van der Waals surface area contributed by atoms with E-state index in [0.717, 1.165) is 17.7 Å². The van der Waals surface area contributed by atoms with Crippen molar-refractivity contribution < 1.29 is 13.2 Å². The van der Waals surface area contributed by atoms with E-state index in [2.05, 4.69) is 9.97 Å². The number of nitrogens with two attached hydrogens (primary N) is 1. The third kappa shape index (κ3) is 3.31. The molecular weight excluding hydrogens is 303 g/mol. The molecule has 0 radical (unpaired) electrons. The molecule has 2 N–H and O–H groups in total. The Hall–Kier alpha value is -2.89. The summed E-state index contributed by atoms with van der Waals surface area (Å²) in [5.41, 5.74) is 7.29. The molecule has 3 aromatic rings. The van der Waals surface area contributed by atoms with Gasteiger partial charge < -0.3 is 5.73 Å². The topological polar surface area (TPSA) is 51.8 Å². The van der Waals surface area contributed by atoms with Crippen LogP contribution < -0.4 is 5.73 Å². The molecule has 3 rings (SSSR count). The first-order valence-corrected chi connectivity index (χ1v) is 6.80. The summed E-state index contributed by atoms with van der Waals surface area (Å²) in [4.78, 5) is 8.42. The molecule has 0 spiro atoms. The molecule has 0 aliphatic heterocycles. The number of anilines is 1. The third-order valence-corrected chi connectivity index (χ3v) is 3.31. The SMILES string of the molecule is Nc1ccc(-c2ccnc(-c3cccc(C(F)(F)F)c3)n2)cc1. The predicted molar refractivity (Wildman–Crippen MR) is 82.3 cm³/mol. The number of nitrogen functional groups attached to an aromatic ring is 1. The van der Waals surface area contributed by atoms with Crippen LogP contribution in [0.25, 0.3) is 22.6 Å². The van der Waals surface area contributed by atoms with Crippen molar-refractivity contribution in [1.29, 1.82) is 0 Å². The molecule has 0 unspecified atom stereocenters. The van der Waals surface area contributed by atoms with Gasteiger partial charge in [0.15, 0.2) is 5.82 Å². The molecule has 0 bridgehead atoms. The van der Waals surface area contributed by atoms with E-state index >= 15 is 0 Å². The molecule has 0 aliphatic rings. The first kappa shape index (κ1) is 15.0. The second-order valence-corrected chi connectivity index (χ2v) is 4.97. The molecule has 0 saturated heterocycles. The molecule has 0 saturated carbocycles. The van der Waals surface area contributed by atoms with Gasteiger partial charge in [0.05, 0.1) is 11.3 Å². The Bertz CT molecular complexity index is 827. The monoisotopic (exact) mass is 315 g/mol. The Labute approximate surface area is 130 Å². The fourth-order valence-electron chi connectivity index (χ4n) is 2.15. The maximum atomic E-state index is 12.8. The van der Waals surface area contributed by atoms with Crippen molar-refractivity contribution in [3.05, 3.63) is 66.4 Å². The number of benzene rings is 2. The van der Waals surface area contributed by atoms with Crippen molar-refractivity contribution >= 4 is 5.69 Å². The largest absolute Gasteiger partial charge is 0.416 e. The Morgan fingerprint density at radius 3 is 2.30 bits per heavy atom. The van der Waals surface area contributed by atoms with Crippen LogP contribution in [0.1, 0.15) is 5.56 Å². The molecule has 0 atom stereocenters. The van der Waals surface area contributed by atoms with Crippen LogP contribution in [0.15, 0.2) is 60.8 Å². The zero-order valence-electron chi connectivity index (χ0n) is 11.9. The van der Waals surface area contributed by atoms with Crippen molar-refractivity contribution in [2.75, 3.05) is 5.73 Å². The number of rotatable bonds is 2. The van der Waals surface area contributed by atoms with Crippen LogP contribution in [-0.2, 0) is 6.18 Å². The maximum Gasteiger partial charge on any atom is 0.416 e. The van der Waals surface area contributed by atoms with Gasteiger partial charge in [-0.3, -0.25) is 0 Å². The van der Waals surface area contributed by atoms with E-state index < -0.39 is 11.7 Å². The van der Waals surface area contributed by atoms with Crippen molar-refractivity contribution in [2.45, 2.75) is 6.18 Å². The van der Waals surface area contributed by atoms with Crippen LogP contribution in [0.2, 0.25) is 0 Å². The van der Waals surface area contributed by atoms with Gasteiger partial charge in [0, 0.05) is 23.0 Å². The smallest absolute Gasteiger partial charge is 0.399 e. The summed E-state index contributed by atoms with van der Waals surface area (Å²) >= 11 is 0. The van der Waals surface area contributed by atoms with E-state index in [4.69, 9.17) is 5.73 Å². The minimum absolute atomic E-state index is 0.241. The zero-order chi connectivity index (χ0) is 16.4. The molecule has 6 heteroatoms. The second-order valence-electron chi connectivity index (χ2n) is 4.97. The second kappa shape index (κ2) is 5.72. The molecule has 1 heterocycles. The number of nitrogens with zero attached hydrogens (tertiary/aromatic N) is 2. The van der Waals surface area contributed by atoms with Gasteiger partial charge in [-0.15, -0.1) is 0 Å². The molecule has 23 heavy (non-hydrogen) atoms. The van der Waals surface area contributed by atoms with Crippen LogP contribution >= 0.6 is 0 Å². The Kier molecular flexibility index (Phi) is 3.73. The van der Waals surface area contributed by atoms with Crippen LogP contribution in [0.5, 0.6) is 0 Å². The molecule has 116 valence electrons. The lowest BCUT2D eigenvalue weighted by atomic mass is 10.1. The predicted octanol–water partition coefficient (Wildman–Crippen LogP) is 4.41. The first-order valence-electron chi connectivity index (χ1n) is 6.80. The maximum absolute atomic E-state index is 12.8. The Morgan fingerprint density at radius 2 is 1.61 bits per heavy atom. The van der Waals surface area contributed by atoms with Crippen molar-refractivity contribution in [1.82, 2.24) is 9.97 Å². The van der Waals surface area contributed by atoms with Crippen molar-refractivity contribution in [2.24, 2.45) is 0 Å². The van der Waals surface area contributed by atoms with E-state index in [0.29, 0.717) is 16.9 Å². The summed E-state index contributed by atoms with van der Waals surface area (Å²) < 4.78 is 38.4. The summed E-state index contributed by atoms with van der Waals surface area (Å²) in [6.45, 7) is 0. The minimum atomic E-state index is -4.40. The van der Waals surface area contributed by atoms with E-state index in [1.807, 2.05) is 0 Å². The number of hydrogen-bond acceptors (Lipinski definition) is 3. The lowest BCUT2D eigenvalue weighted by Gasteiger charge is -2.09. The molecule has 3 nitrogen and oxygen atoms in total. The van der Waals surface area contributed by atoms with Gasteiger partial charge in [-0.05, 0) is 30.3 Å². The molecule has 2 aromatic carbocycles. The number of alkyl halides is 3. The van der Waals surface area contributed by atoms with E-state index in [-0.39, 0.29) is 5.82 Å². The van der Waals surface area contributed by atoms with Gasteiger partial charge >= 0.3 is 6.18 Å². The van der Waals surface area contributed by atoms with E-state index in [1.54, 1.807) is 36.4 Å². The third-order valence-electron chi connectivity index (χ3n) is 3.31. The molecule has 0 aliphatic carbocycles. The summed E-state index contributed by atoms with van der Waals surface area (Å²) in [6.07, 6.45) is -2.88. The van der Waals surface area contributed by atoms with E-state index in [9.17, 15) is 13.2 Å². The van der Waals surface area contributed by atoms with Crippen molar-refractivity contribution in [3.8, 4) is 22.6 Å². The summed E-state index contributed by atoms with van der Waals surface area (Å²) in [6, 6.07) is 13.7. The average molecular weight is 315 g/mol. The minimum Gasteiger partial charge on any atom is -0.399 e. The summed E-state index contributed by atoms with van der Waals surface area (Å²) in [5, 5.41) is 0. The van der Waals surface area contributed by atoms with Gasteiger partial charge in [-0.2, -0.15) is 13.2 Å². The molecule has 1 aromatic heterocycles. The number of halogens is 3. The van der Waals surface area contributed by atoms with Crippen molar-refractivity contribution in [3.63, 3.8) is 0 Å². The highest BCUT2D eigenvalue weighted by molar-refractivity contribution is 5.65. The lowest BCUT2D eigenvalue weighted by Crippen LogP contribution is -2.04. The average Bonchev–Trinajstić information content (AvgIpc) is 2.55. The molecular formula is C17H12F3N3. The molecule has 0 amide bonds. The fraction of sp³-hybridized carbons (Fsp3) is 0.0588.